The average molecular weight is 692 g/mol. The van der Waals surface area contributed by atoms with Gasteiger partial charge in [0.1, 0.15) is 6.61 Å². The first-order valence-corrected chi connectivity index (χ1v) is 22.4. The maximum Gasteiger partial charge on any atom is 0.306 e. The zero-order chi connectivity index (χ0) is 34.0. The topological polar surface area (TPSA) is 102 Å². The van der Waals surface area contributed by atoms with Gasteiger partial charge in [-0.3, -0.25) is 14.2 Å². The van der Waals surface area contributed by atoms with E-state index < -0.39 is 18.9 Å². The Labute approximate surface area is 288 Å². The van der Waals surface area contributed by atoms with Gasteiger partial charge in [0.05, 0.1) is 6.61 Å². The second-order valence-electron chi connectivity index (χ2n) is 12.9. The molecule has 0 amide bonds. The molecule has 7 nitrogen and oxygen atoms in total. The highest BCUT2D eigenvalue weighted by Gasteiger charge is 2.20. The molecule has 1 unspecified atom stereocenters. The summed E-state index contributed by atoms with van der Waals surface area (Å²) in [6.45, 7) is 1.59. The van der Waals surface area contributed by atoms with Crippen molar-refractivity contribution in [2.45, 2.75) is 207 Å². The lowest BCUT2D eigenvalue weighted by atomic mass is 10.0. The van der Waals surface area contributed by atoms with Crippen molar-refractivity contribution in [3.05, 3.63) is 0 Å². The summed E-state index contributed by atoms with van der Waals surface area (Å²) in [5, 5.41) is 0. The third-order valence-electron chi connectivity index (χ3n) is 8.40. The fourth-order valence-corrected chi connectivity index (χ4v) is 7.66. The molecular weight excluding hydrogens is 619 g/mol. The molecule has 0 heterocycles. The van der Waals surface area contributed by atoms with Gasteiger partial charge in [0.15, 0.2) is 12.9 Å². The van der Waals surface area contributed by atoms with Gasteiger partial charge >= 0.3 is 11.9 Å². The molecule has 0 saturated carbocycles. The second-order valence-corrected chi connectivity index (χ2v) is 17.0. The van der Waals surface area contributed by atoms with Crippen molar-refractivity contribution >= 4 is 30.1 Å². The molecule has 0 bridgehead atoms. The molecule has 2 atom stereocenters. The standard InChI is InChI=1S/C37H73O7PS/c1-4-7-9-11-13-15-17-19-21-23-25-27-29-31-36(38)42-33-35(34-43-45(40,41)46-6-3)44-37(39)32-30-28-26-24-22-20-18-16-14-12-10-8-5-2/h35H,4-34H2,1-3H3,(H,40,41)/p-1/t35-/m1/s1. The van der Waals surface area contributed by atoms with Crippen molar-refractivity contribution < 1.29 is 33.0 Å². The van der Waals surface area contributed by atoms with E-state index >= 15 is 0 Å². The predicted molar refractivity (Wildman–Crippen MR) is 193 cm³/mol. The van der Waals surface area contributed by atoms with Crippen LogP contribution in [0.25, 0.3) is 0 Å². The molecule has 46 heavy (non-hydrogen) atoms. The number of rotatable bonds is 36. The van der Waals surface area contributed by atoms with Crippen LogP contribution in [-0.4, -0.2) is 37.0 Å². The van der Waals surface area contributed by atoms with Crippen molar-refractivity contribution in [3.8, 4) is 0 Å². The molecule has 0 N–H and O–H groups in total. The molecule has 0 rings (SSSR count). The Hall–Kier alpha value is -0.560. The Bertz CT molecular complexity index is 737. The van der Waals surface area contributed by atoms with Crippen LogP contribution in [0.4, 0.5) is 0 Å². The first kappa shape index (κ1) is 45.4. The van der Waals surface area contributed by atoms with Crippen LogP contribution in [0.2, 0.25) is 0 Å². The van der Waals surface area contributed by atoms with Gasteiger partial charge in [-0.1, -0.05) is 186 Å². The van der Waals surface area contributed by atoms with Crippen molar-refractivity contribution in [3.63, 3.8) is 0 Å². The average Bonchev–Trinajstić information content (AvgIpc) is 3.03. The van der Waals surface area contributed by atoms with E-state index in [1.165, 1.54) is 128 Å². The van der Waals surface area contributed by atoms with Crippen LogP contribution in [0.3, 0.4) is 0 Å². The minimum Gasteiger partial charge on any atom is -0.770 e. The van der Waals surface area contributed by atoms with Crippen LogP contribution in [-0.2, 0) is 28.2 Å². The van der Waals surface area contributed by atoms with Crippen molar-refractivity contribution in [1.29, 1.82) is 0 Å². The predicted octanol–water partition coefficient (Wildman–Crippen LogP) is 11.6. The van der Waals surface area contributed by atoms with Crippen molar-refractivity contribution in [2.75, 3.05) is 19.0 Å². The molecule has 0 aliphatic rings. The highest BCUT2D eigenvalue weighted by molar-refractivity contribution is 8.54. The van der Waals surface area contributed by atoms with Gasteiger partial charge in [-0.2, -0.15) is 0 Å². The molecule has 0 aromatic heterocycles. The third-order valence-corrected chi connectivity index (χ3v) is 11.5. The number of esters is 2. The lowest BCUT2D eigenvalue weighted by molar-refractivity contribution is -0.194. The second kappa shape index (κ2) is 34.3. The number of carbonyl (C=O) groups excluding carboxylic acids is 2. The molecule has 0 saturated heterocycles. The van der Waals surface area contributed by atoms with E-state index in [-0.39, 0.29) is 25.6 Å². The minimum atomic E-state index is -4.10. The van der Waals surface area contributed by atoms with Crippen LogP contribution in [0.5, 0.6) is 0 Å². The number of ether oxygens (including phenoxy) is 2. The van der Waals surface area contributed by atoms with Gasteiger partial charge < -0.3 is 18.9 Å². The summed E-state index contributed by atoms with van der Waals surface area (Å²) in [6.07, 6.45) is 31.6. The van der Waals surface area contributed by atoms with E-state index in [1.54, 1.807) is 6.92 Å². The summed E-state index contributed by atoms with van der Waals surface area (Å²) in [5.41, 5.74) is 0. The Morgan fingerprint density at radius 1 is 0.543 bits per heavy atom. The monoisotopic (exact) mass is 691 g/mol. The van der Waals surface area contributed by atoms with Crippen LogP contribution < -0.4 is 4.89 Å². The van der Waals surface area contributed by atoms with Gasteiger partial charge in [0.25, 0.3) is 0 Å². The largest absolute Gasteiger partial charge is 0.770 e. The first-order valence-electron chi connectivity index (χ1n) is 19.3. The molecular formula is C37H72O7PS-. The Balaban J connectivity index is 4.11. The lowest BCUT2D eigenvalue weighted by Crippen LogP contribution is -2.30. The van der Waals surface area contributed by atoms with E-state index in [2.05, 4.69) is 13.8 Å². The van der Waals surface area contributed by atoms with E-state index in [9.17, 15) is 19.0 Å². The summed E-state index contributed by atoms with van der Waals surface area (Å²) in [7, 11) is 0. The fraction of sp³-hybridized carbons (Fsp3) is 0.946. The van der Waals surface area contributed by atoms with Crippen molar-refractivity contribution in [1.82, 2.24) is 0 Å². The summed E-state index contributed by atoms with van der Waals surface area (Å²) in [4.78, 5) is 36.8. The Morgan fingerprint density at radius 2 is 0.891 bits per heavy atom. The quantitative estimate of drug-likeness (QED) is 0.0363. The van der Waals surface area contributed by atoms with Gasteiger partial charge in [0, 0.05) is 12.8 Å². The van der Waals surface area contributed by atoms with Crippen LogP contribution in [0, 0.1) is 0 Å². The molecule has 274 valence electrons. The Kier molecular flexibility index (Phi) is 33.9. The van der Waals surface area contributed by atoms with Crippen LogP contribution in [0.15, 0.2) is 0 Å². The zero-order valence-corrected chi connectivity index (χ0v) is 31.9. The molecule has 0 fully saturated rings. The summed E-state index contributed by atoms with van der Waals surface area (Å²) in [5.74, 6) is -0.403. The van der Waals surface area contributed by atoms with Gasteiger partial charge in [-0.25, -0.2) is 0 Å². The normalized spacial score (nSPS) is 13.4. The van der Waals surface area contributed by atoms with E-state index in [0.717, 1.165) is 38.5 Å². The molecule has 0 aromatic carbocycles. The third kappa shape index (κ3) is 33.3. The summed E-state index contributed by atoms with van der Waals surface area (Å²) < 4.78 is 28.0. The van der Waals surface area contributed by atoms with Crippen LogP contribution in [0.1, 0.15) is 201 Å². The van der Waals surface area contributed by atoms with E-state index in [4.69, 9.17) is 14.0 Å². The zero-order valence-electron chi connectivity index (χ0n) is 30.2. The number of hydrogen-bond acceptors (Lipinski definition) is 8. The van der Waals surface area contributed by atoms with Gasteiger partial charge in [0.2, 0.25) is 0 Å². The minimum absolute atomic E-state index is 0.196. The highest BCUT2D eigenvalue weighted by atomic mass is 32.7. The molecule has 0 aliphatic carbocycles. The summed E-state index contributed by atoms with van der Waals surface area (Å²) >= 11 is 0.706. The van der Waals surface area contributed by atoms with Crippen molar-refractivity contribution in [2.24, 2.45) is 0 Å². The fourth-order valence-electron chi connectivity index (χ4n) is 5.56. The maximum absolute atomic E-state index is 12.5. The number of carbonyl (C=O) groups is 2. The summed E-state index contributed by atoms with van der Waals surface area (Å²) in [6, 6.07) is 0. The molecule has 0 spiro atoms. The molecule has 0 aromatic rings. The van der Waals surface area contributed by atoms with E-state index in [0.29, 0.717) is 23.6 Å². The molecule has 9 heteroatoms. The molecule has 0 radical (unpaired) electrons. The van der Waals surface area contributed by atoms with Crippen LogP contribution >= 0.6 is 18.2 Å². The SMILES string of the molecule is CCCCCCCCCCCCCCCC(=O)OC[C@H](COP(=O)([O-])SCC)OC(=O)CCCCCCCCCCCCCCC. The highest BCUT2D eigenvalue weighted by Crippen LogP contribution is 2.51. The first-order chi connectivity index (χ1) is 22.3. The number of unbranched alkanes of at least 4 members (excludes halogenated alkanes) is 24. The smallest absolute Gasteiger partial charge is 0.306 e. The van der Waals surface area contributed by atoms with Gasteiger partial charge in [-0.05, 0) is 18.6 Å². The lowest BCUT2D eigenvalue weighted by Gasteiger charge is -2.25. The molecule has 0 aliphatic heterocycles. The van der Waals surface area contributed by atoms with E-state index in [1.807, 2.05) is 0 Å². The number of hydrogen-bond donors (Lipinski definition) is 0. The Morgan fingerprint density at radius 3 is 1.26 bits per heavy atom. The maximum atomic E-state index is 12.5. The van der Waals surface area contributed by atoms with Gasteiger partial charge in [-0.15, -0.1) is 0 Å².